The minimum Gasteiger partial charge on any atom is -0.399 e. The fourth-order valence-corrected chi connectivity index (χ4v) is 2.80. The number of carbonyl (C=O) groups is 1. The van der Waals surface area contributed by atoms with Gasteiger partial charge in [-0.2, -0.15) is 0 Å². The van der Waals surface area contributed by atoms with Crippen molar-refractivity contribution in [2.75, 3.05) is 18.9 Å². The van der Waals surface area contributed by atoms with Gasteiger partial charge in [-0.15, -0.1) is 0 Å². The maximum absolute atomic E-state index is 11.8. The quantitative estimate of drug-likeness (QED) is 0.481. The highest BCUT2D eigenvalue weighted by Crippen LogP contribution is 2.17. The average Bonchev–Trinajstić information content (AvgIpc) is 2.74. The van der Waals surface area contributed by atoms with E-state index in [1.54, 1.807) is 0 Å². The molecule has 0 atom stereocenters. The molecule has 4 nitrogen and oxygen atoms in total. The summed E-state index contributed by atoms with van der Waals surface area (Å²) in [6, 6.07) is 8.09. The summed E-state index contributed by atoms with van der Waals surface area (Å²) < 4.78 is 5.46. The number of rotatable bonds is 6. The Morgan fingerprint density at radius 3 is 2.62 bits per heavy atom. The lowest BCUT2D eigenvalue weighted by molar-refractivity contribution is -0.126. The van der Waals surface area contributed by atoms with Gasteiger partial charge >= 0.3 is 0 Å². The van der Waals surface area contributed by atoms with Crippen LogP contribution in [0.5, 0.6) is 0 Å². The molecule has 4 heteroatoms. The summed E-state index contributed by atoms with van der Waals surface area (Å²) in [6.45, 7) is 0.662. The summed E-state index contributed by atoms with van der Waals surface area (Å²) in [4.78, 5) is 11.8. The highest BCUT2D eigenvalue weighted by atomic mass is 16.5. The fraction of sp³-hybridized carbons (Fsp3) is 0.588. The lowest BCUT2D eigenvalue weighted by atomic mass is 10.1. The first-order chi connectivity index (χ1) is 10.3. The molecule has 0 radical (unpaired) electrons. The van der Waals surface area contributed by atoms with Crippen LogP contribution in [-0.2, 0) is 16.0 Å². The van der Waals surface area contributed by atoms with Crippen molar-refractivity contribution in [2.24, 2.45) is 0 Å². The van der Waals surface area contributed by atoms with Crippen molar-refractivity contribution >= 4 is 11.6 Å². The van der Waals surface area contributed by atoms with Crippen LogP contribution >= 0.6 is 0 Å². The molecule has 1 fully saturated rings. The molecule has 1 aliphatic carbocycles. The van der Waals surface area contributed by atoms with Gasteiger partial charge in [0.15, 0.2) is 0 Å². The molecule has 0 heterocycles. The van der Waals surface area contributed by atoms with Crippen molar-refractivity contribution in [1.29, 1.82) is 0 Å². The first-order valence-electron chi connectivity index (χ1n) is 7.96. The number of nitrogen functional groups attached to an aromatic ring is 1. The van der Waals surface area contributed by atoms with E-state index in [-0.39, 0.29) is 12.5 Å². The predicted octanol–water partition coefficient (Wildman–Crippen LogP) is 2.67. The van der Waals surface area contributed by atoms with Crippen molar-refractivity contribution in [3.63, 3.8) is 0 Å². The number of ether oxygens (including phenoxy) is 1. The van der Waals surface area contributed by atoms with E-state index in [2.05, 4.69) is 5.32 Å². The minimum absolute atomic E-state index is 0.00272. The Morgan fingerprint density at radius 2 is 1.90 bits per heavy atom. The Hall–Kier alpha value is -1.55. The normalized spacial score (nSPS) is 16.4. The number of carbonyl (C=O) groups excluding carboxylic acids is 1. The number of amides is 1. The molecule has 3 N–H and O–H groups in total. The lowest BCUT2D eigenvalue weighted by Crippen LogP contribution is -2.37. The number of anilines is 1. The van der Waals surface area contributed by atoms with Crippen LogP contribution in [0.2, 0.25) is 0 Å². The molecular weight excluding hydrogens is 264 g/mol. The highest BCUT2D eigenvalue weighted by molar-refractivity contribution is 5.77. The summed E-state index contributed by atoms with van der Waals surface area (Å²) in [5.74, 6) is 0.00272. The van der Waals surface area contributed by atoms with Crippen molar-refractivity contribution in [3.8, 4) is 0 Å². The number of nitrogens with two attached hydrogens (primary N) is 1. The smallest absolute Gasteiger partial charge is 0.246 e. The number of nitrogens with one attached hydrogen (secondary N) is 1. The molecule has 116 valence electrons. The summed E-state index contributed by atoms with van der Waals surface area (Å²) >= 11 is 0. The van der Waals surface area contributed by atoms with Crippen LogP contribution in [0, 0.1) is 0 Å². The highest BCUT2D eigenvalue weighted by Gasteiger charge is 2.14. The van der Waals surface area contributed by atoms with Crippen LogP contribution in [0.4, 0.5) is 5.69 Å². The van der Waals surface area contributed by atoms with E-state index < -0.39 is 0 Å². The second-order valence-electron chi connectivity index (χ2n) is 5.76. The van der Waals surface area contributed by atoms with E-state index in [0.717, 1.165) is 30.5 Å². The second-order valence-corrected chi connectivity index (χ2v) is 5.76. The number of hydrogen-bond acceptors (Lipinski definition) is 3. The molecule has 1 amide bonds. The van der Waals surface area contributed by atoms with E-state index in [0.29, 0.717) is 12.6 Å². The van der Waals surface area contributed by atoms with Gasteiger partial charge in [0.25, 0.3) is 0 Å². The third-order valence-corrected chi connectivity index (χ3v) is 4.02. The van der Waals surface area contributed by atoms with Crippen LogP contribution in [0.3, 0.4) is 0 Å². The van der Waals surface area contributed by atoms with Gasteiger partial charge in [-0.1, -0.05) is 43.9 Å². The third kappa shape index (κ3) is 5.76. The summed E-state index contributed by atoms with van der Waals surface area (Å²) in [5.41, 5.74) is 7.72. The van der Waals surface area contributed by atoms with Gasteiger partial charge in [-0.25, -0.2) is 0 Å². The first-order valence-corrected chi connectivity index (χ1v) is 7.96. The monoisotopic (exact) mass is 290 g/mol. The Bertz CT molecular complexity index is 440. The van der Waals surface area contributed by atoms with E-state index in [4.69, 9.17) is 10.5 Å². The molecule has 2 rings (SSSR count). The number of benzene rings is 1. The second kappa shape index (κ2) is 8.67. The standard InChI is InChI=1S/C17H26N2O2/c18-16-10-6-5-7-14(16)11-12-21-13-17(20)19-15-8-3-1-2-4-9-15/h5-7,10,15H,1-4,8-9,11-13,18H2,(H,19,20). The maximum Gasteiger partial charge on any atom is 0.246 e. The Balaban J connectivity index is 1.62. The van der Waals surface area contributed by atoms with Crippen molar-refractivity contribution in [3.05, 3.63) is 29.8 Å². The largest absolute Gasteiger partial charge is 0.399 e. The molecule has 0 aliphatic heterocycles. The van der Waals surface area contributed by atoms with Crippen molar-refractivity contribution < 1.29 is 9.53 Å². The predicted molar refractivity (Wildman–Crippen MR) is 85.0 cm³/mol. The zero-order valence-corrected chi connectivity index (χ0v) is 12.6. The van der Waals surface area contributed by atoms with E-state index in [9.17, 15) is 4.79 Å². The van der Waals surface area contributed by atoms with E-state index >= 15 is 0 Å². The SMILES string of the molecule is Nc1ccccc1CCOCC(=O)NC1CCCCCC1. The Morgan fingerprint density at radius 1 is 1.19 bits per heavy atom. The molecule has 1 aromatic carbocycles. The first kappa shape index (κ1) is 15.8. The maximum atomic E-state index is 11.8. The molecule has 0 spiro atoms. The summed E-state index contributed by atoms with van der Waals surface area (Å²) in [6.07, 6.45) is 7.98. The minimum atomic E-state index is 0.00272. The van der Waals surface area contributed by atoms with Crippen LogP contribution in [-0.4, -0.2) is 25.2 Å². The molecule has 0 saturated heterocycles. The molecule has 0 aromatic heterocycles. The Labute approximate surface area is 127 Å². The molecule has 1 aromatic rings. The third-order valence-electron chi connectivity index (χ3n) is 4.02. The number of para-hydroxylation sites is 1. The van der Waals surface area contributed by atoms with Crippen LogP contribution in [0.25, 0.3) is 0 Å². The summed E-state index contributed by atoms with van der Waals surface area (Å²) in [7, 11) is 0. The molecule has 21 heavy (non-hydrogen) atoms. The van der Waals surface area contributed by atoms with Gasteiger partial charge in [0.2, 0.25) is 5.91 Å². The van der Waals surface area contributed by atoms with Crippen molar-refractivity contribution in [2.45, 2.75) is 51.0 Å². The topological polar surface area (TPSA) is 64.3 Å². The number of hydrogen-bond donors (Lipinski definition) is 2. The van der Waals surface area contributed by atoms with Gasteiger partial charge in [0, 0.05) is 11.7 Å². The molecule has 1 saturated carbocycles. The molecule has 1 aliphatic rings. The molecule has 0 bridgehead atoms. The fourth-order valence-electron chi connectivity index (χ4n) is 2.80. The van der Waals surface area contributed by atoms with Gasteiger partial charge in [0.1, 0.15) is 6.61 Å². The van der Waals surface area contributed by atoms with Crippen LogP contribution in [0.15, 0.2) is 24.3 Å². The molecular formula is C17H26N2O2. The zero-order valence-electron chi connectivity index (χ0n) is 12.6. The van der Waals surface area contributed by atoms with Crippen molar-refractivity contribution in [1.82, 2.24) is 5.32 Å². The van der Waals surface area contributed by atoms with E-state index in [1.807, 2.05) is 24.3 Å². The Kier molecular flexibility index (Phi) is 6.54. The van der Waals surface area contributed by atoms with Crippen LogP contribution < -0.4 is 11.1 Å². The van der Waals surface area contributed by atoms with Gasteiger partial charge in [-0.3, -0.25) is 4.79 Å². The van der Waals surface area contributed by atoms with Gasteiger partial charge < -0.3 is 15.8 Å². The zero-order chi connectivity index (χ0) is 14.9. The van der Waals surface area contributed by atoms with Crippen LogP contribution in [0.1, 0.15) is 44.1 Å². The van der Waals surface area contributed by atoms with E-state index in [1.165, 1.54) is 25.7 Å². The van der Waals surface area contributed by atoms with Gasteiger partial charge in [0.05, 0.1) is 6.61 Å². The van der Waals surface area contributed by atoms with Gasteiger partial charge in [-0.05, 0) is 30.9 Å². The summed E-state index contributed by atoms with van der Waals surface area (Å²) in [5, 5.41) is 3.08. The lowest BCUT2D eigenvalue weighted by Gasteiger charge is -2.16. The average molecular weight is 290 g/mol. The molecule has 0 unspecified atom stereocenters.